The van der Waals surface area contributed by atoms with Crippen LogP contribution in [-0.2, 0) is 26.3 Å². The molecule has 2 amide bonds. The molecule has 7 rings (SSSR count). The van der Waals surface area contributed by atoms with E-state index in [2.05, 4.69) is 27.5 Å². The molecule has 3 aromatic rings. The molecular weight excluding hydrogens is 592 g/mol. The smallest absolute Gasteiger partial charge is 0.303 e. The summed E-state index contributed by atoms with van der Waals surface area (Å²) in [5.41, 5.74) is 5.65. The van der Waals surface area contributed by atoms with Gasteiger partial charge in [0.25, 0.3) is 5.91 Å². The van der Waals surface area contributed by atoms with E-state index in [4.69, 9.17) is 9.47 Å². The molecule has 2 fully saturated rings. The first-order chi connectivity index (χ1) is 21.6. The zero-order valence-corrected chi connectivity index (χ0v) is 26.9. The molecule has 1 unspecified atom stereocenters. The van der Waals surface area contributed by atoms with Gasteiger partial charge in [0.05, 0.1) is 25.5 Å². The molecule has 0 radical (unpaired) electrons. The lowest BCUT2D eigenvalue weighted by Gasteiger charge is -2.31. The molecule has 4 aliphatic rings. The average Bonchev–Trinajstić information content (AvgIpc) is 3.71. The predicted molar refractivity (Wildman–Crippen MR) is 172 cm³/mol. The Balaban J connectivity index is 1.44. The maximum atomic E-state index is 14.4. The van der Waals surface area contributed by atoms with Gasteiger partial charge in [0, 0.05) is 55.8 Å². The number of nitrogens with zero attached hydrogens (tertiary/aromatic N) is 3. The molecule has 45 heavy (non-hydrogen) atoms. The molecule has 0 bridgehead atoms. The molecule has 1 saturated heterocycles. The summed E-state index contributed by atoms with van der Waals surface area (Å²) < 4.78 is 41.9. The van der Waals surface area contributed by atoms with Gasteiger partial charge in [0.15, 0.2) is 0 Å². The highest BCUT2D eigenvalue weighted by atomic mass is 32.2. The van der Waals surface area contributed by atoms with Gasteiger partial charge in [-0.15, -0.1) is 0 Å². The number of nitrogens with one attached hydrogen (secondary N) is 1. The molecule has 238 valence electrons. The Morgan fingerprint density at radius 3 is 2.51 bits per heavy atom. The van der Waals surface area contributed by atoms with E-state index >= 15 is 0 Å². The van der Waals surface area contributed by atoms with Crippen LogP contribution in [0.25, 0.3) is 27.7 Å². The fourth-order valence-electron chi connectivity index (χ4n) is 7.45. The monoisotopic (exact) mass is 632 g/mol. The Labute approximate surface area is 264 Å². The molecule has 3 heterocycles. The third-order valence-corrected chi connectivity index (χ3v) is 11.2. The number of hydrogen-bond acceptors (Lipinski definition) is 6. The minimum absolute atomic E-state index is 0.0634. The van der Waals surface area contributed by atoms with Gasteiger partial charge in [-0.1, -0.05) is 31.4 Å². The topological polar surface area (TPSA) is 110 Å². The van der Waals surface area contributed by atoms with Crippen LogP contribution in [0.4, 0.5) is 0 Å². The first-order valence-electron chi connectivity index (χ1n) is 15.9. The second-order valence-electron chi connectivity index (χ2n) is 12.7. The van der Waals surface area contributed by atoms with Crippen LogP contribution in [0.1, 0.15) is 66.4 Å². The van der Waals surface area contributed by atoms with Crippen molar-refractivity contribution in [1.29, 1.82) is 0 Å². The third-order valence-electron chi connectivity index (χ3n) is 9.80. The Hall–Kier alpha value is -3.67. The fraction of sp³-hybridized carbons (Fsp3) is 0.471. The van der Waals surface area contributed by atoms with E-state index in [-0.39, 0.29) is 11.5 Å². The van der Waals surface area contributed by atoms with Crippen LogP contribution in [0.5, 0.6) is 5.75 Å². The maximum absolute atomic E-state index is 14.4. The Morgan fingerprint density at radius 2 is 1.80 bits per heavy atom. The van der Waals surface area contributed by atoms with Crippen molar-refractivity contribution in [2.75, 3.05) is 47.0 Å². The molecule has 1 aromatic heterocycles. The number of carbonyl (C=O) groups excluding carboxylic acids is 2. The van der Waals surface area contributed by atoms with Crippen molar-refractivity contribution < 1.29 is 27.5 Å². The second-order valence-corrected chi connectivity index (χ2v) is 14.6. The Kier molecular flexibility index (Phi) is 7.53. The van der Waals surface area contributed by atoms with E-state index in [1.165, 1.54) is 26.1 Å². The van der Waals surface area contributed by atoms with Crippen molar-refractivity contribution in [3.05, 3.63) is 59.2 Å². The van der Waals surface area contributed by atoms with Gasteiger partial charge in [-0.3, -0.25) is 9.59 Å². The lowest BCUT2D eigenvalue weighted by Crippen LogP contribution is -2.46. The van der Waals surface area contributed by atoms with Crippen molar-refractivity contribution in [2.45, 2.75) is 51.5 Å². The van der Waals surface area contributed by atoms with E-state index in [0.29, 0.717) is 45.4 Å². The van der Waals surface area contributed by atoms with E-state index in [9.17, 15) is 18.0 Å². The van der Waals surface area contributed by atoms with Gasteiger partial charge in [-0.25, -0.2) is 4.72 Å². The van der Waals surface area contributed by atoms with Gasteiger partial charge in [0.2, 0.25) is 5.91 Å². The lowest BCUT2D eigenvalue weighted by atomic mass is 9.81. The number of amides is 2. The van der Waals surface area contributed by atoms with Gasteiger partial charge in [0.1, 0.15) is 11.2 Å². The van der Waals surface area contributed by atoms with Crippen LogP contribution < -0.4 is 9.46 Å². The standard InChI is InChI=1S/C34H40N4O6S/c1-4-44-24-11-13-25-27(19-24)28-20-34(28,33(40)37-14-16-43-17-15-37)21-38-29-18-23(32(39)35-45(41,42)36(2)3)10-12-26(29)30(31(25)38)22-8-6-5-7-9-22/h10-13,18-20,22H,4-9,14-17,21H2,1-3H3,(H,35,39). The molecule has 2 aromatic carbocycles. The molecule has 2 aliphatic heterocycles. The Morgan fingerprint density at radius 1 is 1.04 bits per heavy atom. The van der Waals surface area contributed by atoms with Crippen LogP contribution in [0, 0.1) is 5.41 Å². The number of fused-ring (bicyclic) bond motifs is 7. The normalized spacial score (nSPS) is 21.4. The minimum Gasteiger partial charge on any atom is -0.494 e. The minimum atomic E-state index is -3.97. The van der Waals surface area contributed by atoms with Crippen LogP contribution >= 0.6 is 0 Å². The maximum Gasteiger partial charge on any atom is 0.303 e. The zero-order chi connectivity index (χ0) is 31.5. The number of morpholine rings is 1. The quantitative estimate of drug-likeness (QED) is 0.410. The largest absolute Gasteiger partial charge is 0.494 e. The van der Waals surface area contributed by atoms with Crippen LogP contribution in [0.2, 0.25) is 0 Å². The highest BCUT2D eigenvalue weighted by Gasteiger charge is 2.56. The second kappa shape index (κ2) is 11.3. The summed E-state index contributed by atoms with van der Waals surface area (Å²) in [7, 11) is -1.22. The van der Waals surface area contributed by atoms with E-state index in [0.717, 1.165) is 69.0 Å². The molecule has 1 atom stereocenters. The van der Waals surface area contributed by atoms with Crippen LogP contribution in [0.3, 0.4) is 0 Å². The lowest BCUT2D eigenvalue weighted by molar-refractivity contribution is -0.140. The molecule has 0 spiro atoms. The summed E-state index contributed by atoms with van der Waals surface area (Å²) in [6, 6.07) is 11.7. The van der Waals surface area contributed by atoms with E-state index < -0.39 is 21.5 Å². The summed E-state index contributed by atoms with van der Waals surface area (Å²) in [5.74, 6) is 0.468. The van der Waals surface area contributed by atoms with Gasteiger partial charge in [-0.05, 0) is 72.7 Å². The summed E-state index contributed by atoms with van der Waals surface area (Å²) in [6.45, 7) is 5.02. The first kappa shape index (κ1) is 30.0. The number of aromatic nitrogens is 1. The first-order valence-corrected chi connectivity index (χ1v) is 17.4. The summed E-state index contributed by atoms with van der Waals surface area (Å²) in [6.07, 6.45) is 7.76. The molecule has 1 saturated carbocycles. The van der Waals surface area contributed by atoms with Crippen molar-refractivity contribution in [1.82, 2.24) is 18.5 Å². The van der Waals surface area contributed by atoms with Crippen LogP contribution in [-0.4, -0.2) is 81.0 Å². The molecule has 1 N–H and O–H groups in total. The van der Waals surface area contributed by atoms with Crippen molar-refractivity contribution in [3.63, 3.8) is 0 Å². The summed E-state index contributed by atoms with van der Waals surface area (Å²) >= 11 is 0. The molecule has 11 heteroatoms. The van der Waals surface area contributed by atoms with Crippen molar-refractivity contribution in [2.24, 2.45) is 5.41 Å². The number of carbonyl (C=O) groups is 2. The number of benzene rings is 2. The van der Waals surface area contributed by atoms with E-state index in [1.807, 2.05) is 24.0 Å². The molecule has 2 aliphatic carbocycles. The summed E-state index contributed by atoms with van der Waals surface area (Å²) in [5, 5.41) is 1.04. The van der Waals surface area contributed by atoms with Gasteiger partial charge < -0.3 is 18.9 Å². The van der Waals surface area contributed by atoms with E-state index in [1.54, 1.807) is 12.1 Å². The Bertz CT molecular complexity index is 1830. The predicted octanol–water partition coefficient (Wildman–Crippen LogP) is 4.55. The fourth-order valence-corrected chi connectivity index (χ4v) is 7.99. The number of hydrogen-bond donors (Lipinski definition) is 1. The van der Waals surface area contributed by atoms with Crippen molar-refractivity contribution in [3.8, 4) is 17.0 Å². The number of rotatable bonds is 7. The highest BCUT2D eigenvalue weighted by molar-refractivity contribution is 7.87. The third kappa shape index (κ3) is 5.05. The van der Waals surface area contributed by atoms with Crippen LogP contribution in [0.15, 0.2) is 42.5 Å². The molecule has 10 nitrogen and oxygen atoms in total. The average molecular weight is 633 g/mol. The van der Waals surface area contributed by atoms with Gasteiger partial charge in [-0.2, -0.15) is 12.7 Å². The SMILES string of the molecule is CCOc1ccc2c(c1)C1=CC1(C(=O)N1CCOCC1)Cn1c-2c(C2CCCCC2)c2ccc(C(=O)NS(=O)(=O)N(C)C)cc21. The van der Waals surface area contributed by atoms with Crippen molar-refractivity contribution >= 4 is 38.5 Å². The summed E-state index contributed by atoms with van der Waals surface area (Å²) in [4.78, 5) is 29.6. The number of ether oxygens (including phenoxy) is 2. The molecular formula is C34H40N4O6S. The van der Waals surface area contributed by atoms with Gasteiger partial charge >= 0.3 is 10.2 Å². The zero-order valence-electron chi connectivity index (χ0n) is 26.1. The highest BCUT2D eigenvalue weighted by Crippen LogP contribution is 2.60.